The van der Waals surface area contributed by atoms with Crippen LogP contribution in [-0.4, -0.2) is 32.2 Å². The van der Waals surface area contributed by atoms with Gasteiger partial charge in [0.15, 0.2) is 11.5 Å². The van der Waals surface area contributed by atoms with E-state index in [0.29, 0.717) is 5.75 Å². The van der Waals surface area contributed by atoms with E-state index in [4.69, 9.17) is 15.2 Å². The first kappa shape index (κ1) is 14.0. The Kier molecular flexibility index (Phi) is 4.91. The van der Waals surface area contributed by atoms with E-state index in [9.17, 15) is 0 Å². The summed E-state index contributed by atoms with van der Waals surface area (Å²) in [4.78, 5) is 2.48. The maximum absolute atomic E-state index is 6.11. The summed E-state index contributed by atoms with van der Waals surface area (Å²) in [5, 5.41) is 0. The van der Waals surface area contributed by atoms with E-state index in [1.165, 1.54) is 25.7 Å². The van der Waals surface area contributed by atoms with Crippen molar-refractivity contribution >= 4 is 5.69 Å². The summed E-state index contributed by atoms with van der Waals surface area (Å²) in [5.41, 5.74) is 8.02. The van der Waals surface area contributed by atoms with Crippen molar-refractivity contribution in [2.45, 2.75) is 32.2 Å². The van der Waals surface area contributed by atoms with Gasteiger partial charge in [0.2, 0.25) is 0 Å². The van der Waals surface area contributed by atoms with Gasteiger partial charge in [-0.05, 0) is 37.6 Å². The molecule has 0 radical (unpaired) electrons. The molecule has 4 nitrogen and oxygen atoms in total. The highest BCUT2D eigenvalue weighted by Crippen LogP contribution is 2.32. The van der Waals surface area contributed by atoms with Crippen LogP contribution < -0.4 is 15.2 Å². The number of methoxy groups -OCH3 is 2. The van der Waals surface area contributed by atoms with Crippen LogP contribution in [0.25, 0.3) is 0 Å². The standard InChI is InChI=1S/C15H24N2O2/c1-18-14-9-12(13(16)10-15(14)19-2)11-17-7-5-3-4-6-8-17/h9-10H,3-8,11,16H2,1-2H3. The second-order valence-corrected chi connectivity index (χ2v) is 5.10. The van der Waals surface area contributed by atoms with Crippen LogP contribution >= 0.6 is 0 Å². The number of hydrogen-bond donors (Lipinski definition) is 1. The Morgan fingerprint density at radius 3 is 2.16 bits per heavy atom. The van der Waals surface area contributed by atoms with Gasteiger partial charge < -0.3 is 15.2 Å². The number of anilines is 1. The number of benzene rings is 1. The molecule has 1 heterocycles. The third kappa shape index (κ3) is 3.53. The third-order valence-electron chi connectivity index (χ3n) is 3.74. The van der Waals surface area contributed by atoms with E-state index >= 15 is 0 Å². The minimum Gasteiger partial charge on any atom is -0.493 e. The van der Waals surface area contributed by atoms with Crippen molar-refractivity contribution in [1.82, 2.24) is 4.90 Å². The number of hydrogen-bond acceptors (Lipinski definition) is 4. The smallest absolute Gasteiger partial charge is 0.162 e. The molecule has 0 amide bonds. The molecular formula is C15H24N2O2. The molecule has 0 spiro atoms. The molecular weight excluding hydrogens is 240 g/mol. The summed E-state index contributed by atoms with van der Waals surface area (Å²) in [6.45, 7) is 3.22. The average molecular weight is 264 g/mol. The molecule has 1 aromatic rings. The number of ether oxygens (including phenoxy) is 2. The van der Waals surface area contributed by atoms with E-state index in [1.807, 2.05) is 12.1 Å². The van der Waals surface area contributed by atoms with Crippen molar-refractivity contribution in [3.05, 3.63) is 17.7 Å². The van der Waals surface area contributed by atoms with Crippen LogP contribution in [0.1, 0.15) is 31.2 Å². The Morgan fingerprint density at radius 2 is 1.58 bits per heavy atom. The molecule has 106 valence electrons. The number of rotatable bonds is 4. The monoisotopic (exact) mass is 264 g/mol. The van der Waals surface area contributed by atoms with Crippen LogP contribution in [-0.2, 0) is 6.54 Å². The number of likely N-dealkylation sites (tertiary alicyclic amines) is 1. The third-order valence-corrected chi connectivity index (χ3v) is 3.74. The molecule has 4 heteroatoms. The second-order valence-electron chi connectivity index (χ2n) is 5.10. The number of nitrogen functional groups attached to an aromatic ring is 1. The lowest BCUT2D eigenvalue weighted by Crippen LogP contribution is -2.24. The van der Waals surface area contributed by atoms with E-state index in [-0.39, 0.29) is 0 Å². The Hall–Kier alpha value is -1.42. The lowest BCUT2D eigenvalue weighted by atomic mass is 10.1. The molecule has 1 saturated heterocycles. The Bertz CT molecular complexity index is 413. The van der Waals surface area contributed by atoms with Gasteiger partial charge in [0.05, 0.1) is 14.2 Å². The Morgan fingerprint density at radius 1 is 1.00 bits per heavy atom. The van der Waals surface area contributed by atoms with Gasteiger partial charge in [-0.25, -0.2) is 0 Å². The number of nitrogens with zero attached hydrogens (tertiary/aromatic N) is 1. The van der Waals surface area contributed by atoms with Gasteiger partial charge in [0.1, 0.15) is 0 Å². The number of nitrogens with two attached hydrogens (primary N) is 1. The lowest BCUT2D eigenvalue weighted by molar-refractivity contribution is 0.276. The van der Waals surface area contributed by atoms with Crippen molar-refractivity contribution < 1.29 is 9.47 Å². The van der Waals surface area contributed by atoms with E-state index in [2.05, 4.69) is 4.90 Å². The van der Waals surface area contributed by atoms with Crippen molar-refractivity contribution in [3.8, 4) is 11.5 Å². The average Bonchev–Trinajstić information content (AvgIpc) is 2.69. The highest BCUT2D eigenvalue weighted by Gasteiger charge is 2.14. The molecule has 1 aliphatic heterocycles. The molecule has 0 atom stereocenters. The van der Waals surface area contributed by atoms with Crippen LogP contribution in [0.15, 0.2) is 12.1 Å². The minimum absolute atomic E-state index is 0.694. The van der Waals surface area contributed by atoms with E-state index in [1.54, 1.807) is 14.2 Å². The zero-order valence-corrected chi connectivity index (χ0v) is 11.9. The highest BCUT2D eigenvalue weighted by atomic mass is 16.5. The van der Waals surface area contributed by atoms with Gasteiger partial charge in [-0.1, -0.05) is 12.8 Å². The van der Waals surface area contributed by atoms with Gasteiger partial charge in [0, 0.05) is 18.3 Å². The maximum Gasteiger partial charge on any atom is 0.162 e. The fraction of sp³-hybridized carbons (Fsp3) is 0.600. The second kappa shape index (κ2) is 6.66. The first-order valence-corrected chi connectivity index (χ1v) is 6.97. The molecule has 1 fully saturated rings. The van der Waals surface area contributed by atoms with Gasteiger partial charge >= 0.3 is 0 Å². The fourth-order valence-electron chi connectivity index (χ4n) is 2.61. The summed E-state index contributed by atoms with van der Waals surface area (Å²) in [6.07, 6.45) is 5.26. The van der Waals surface area contributed by atoms with Crippen LogP contribution in [0.5, 0.6) is 11.5 Å². The van der Waals surface area contributed by atoms with Crippen LogP contribution in [0.2, 0.25) is 0 Å². The molecule has 0 unspecified atom stereocenters. The SMILES string of the molecule is COc1cc(N)c(CN2CCCCCC2)cc1OC. The highest BCUT2D eigenvalue weighted by molar-refractivity contribution is 5.57. The lowest BCUT2D eigenvalue weighted by Gasteiger charge is -2.21. The quantitative estimate of drug-likeness (QED) is 0.849. The molecule has 19 heavy (non-hydrogen) atoms. The molecule has 1 aromatic carbocycles. The van der Waals surface area contributed by atoms with E-state index < -0.39 is 0 Å². The largest absolute Gasteiger partial charge is 0.493 e. The topological polar surface area (TPSA) is 47.7 Å². The molecule has 0 bridgehead atoms. The van der Waals surface area contributed by atoms with Gasteiger partial charge in [-0.15, -0.1) is 0 Å². The predicted octanol–water partition coefficient (Wildman–Crippen LogP) is 2.66. The first-order chi connectivity index (χ1) is 9.24. The zero-order chi connectivity index (χ0) is 13.7. The van der Waals surface area contributed by atoms with Crippen molar-refractivity contribution in [2.24, 2.45) is 0 Å². The van der Waals surface area contributed by atoms with Gasteiger partial charge in [0.25, 0.3) is 0 Å². The van der Waals surface area contributed by atoms with E-state index in [0.717, 1.165) is 36.6 Å². The maximum atomic E-state index is 6.11. The van der Waals surface area contributed by atoms with Crippen molar-refractivity contribution in [2.75, 3.05) is 33.0 Å². The molecule has 2 rings (SSSR count). The summed E-state index contributed by atoms with van der Waals surface area (Å²) in [5.74, 6) is 1.45. The van der Waals surface area contributed by atoms with Crippen molar-refractivity contribution in [1.29, 1.82) is 0 Å². The normalized spacial score (nSPS) is 16.9. The summed E-state index contributed by atoms with van der Waals surface area (Å²) in [7, 11) is 3.29. The van der Waals surface area contributed by atoms with Crippen LogP contribution in [0.4, 0.5) is 5.69 Å². The molecule has 0 aromatic heterocycles. The van der Waals surface area contributed by atoms with Crippen molar-refractivity contribution in [3.63, 3.8) is 0 Å². The summed E-state index contributed by atoms with van der Waals surface area (Å²) < 4.78 is 10.6. The Labute approximate surface area is 115 Å². The molecule has 2 N–H and O–H groups in total. The summed E-state index contributed by atoms with van der Waals surface area (Å²) in [6, 6.07) is 3.85. The van der Waals surface area contributed by atoms with Gasteiger partial charge in [-0.2, -0.15) is 0 Å². The Balaban J connectivity index is 2.14. The minimum atomic E-state index is 0.694. The summed E-state index contributed by atoms with van der Waals surface area (Å²) >= 11 is 0. The fourth-order valence-corrected chi connectivity index (χ4v) is 2.61. The zero-order valence-electron chi connectivity index (χ0n) is 11.9. The molecule has 1 aliphatic rings. The van der Waals surface area contributed by atoms with Gasteiger partial charge in [-0.3, -0.25) is 4.90 Å². The van der Waals surface area contributed by atoms with Crippen LogP contribution in [0, 0.1) is 0 Å². The molecule has 0 saturated carbocycles. The predicted molar refractivity (Wildman–Crippen MR) is 77.7 cm³/mol. The first-order valence-electron chi connectivity index (χ1n) is 6.97. The van der Waals surface area contributed by atoms with Crippen LogP contribution in [0.3, 0.4) is 0 Å². The molecule has 0 aliphatic carbocycles.